The smallest absolute Gasteiger partial charge is 0.141 e. The van der Waals surface area contributed by atoms with Crippen molar-refractivity contribution in [3.63, 3.8) is 0 Å². The Hall–Kier alpha value is -1.94. The van der Waals surface area contributed by atoms with Crippen molar-refractivity contribution in [1.82, 2.24) is 4.98 Å². The zero-order chi connectivity index (χ0) is 14.0. The van der Waals surface area contributed by atoms with Gasteiger partial charge in [0.05, 0.1) is 11.8 Å². The van der Waals surface area contributed by atoms with Crippen LogP contribution in [0.3, 0.4) is 0 Å². The lowest BCUT2D eigenvalue weighted by atomic mass is 9.85. The zero-order valence-electron chi connectivity index (χ0n) is 11.2. The molecule has 1 aromatic heterocycles. The van der Waals surface area contributed by atoms with E-state index in [2.05, 4.69) is 22.0 Å². The second kappa shape index (κ2) is 5.21. The molecular formula is C16H17FN2O. The largest absolute Gasteiger partial charge is 0.385 e. The number of nitrogens with zero attached hydrogens (tertiary/aromatic N) is 2. The Morgan fingerprint density at radius 1 is 1.10 bits per heavy atom. The molecule has 0 aliphatic carbocycles. The first-order valence-electron chi connectivity index (χ1n) is 6.81. The molecule has 104 valence electrons. The van der Waals surface area contributed by atoms with E-state index in [-0.39, 0.29) is 0 Å². The predicted octanol–water partition coefficient (Wildman–Crippen LogP) is 2.71. The number of aliphatic hydroxyl groups is 1. The molecule has 2 aromatic rings. The van der Waals surface area contributed by atoms with E-state index < -0.39 is 11.4 Å². The molecule has 1 fully saturated rings. The first-order chi connectivity index (χ1) is 9.67. The molecule has 3 rings (SSSR count). The van der Waals surface area contributed by atoms with Gasteiger partial charge in [-0.15, -0.1) is 0 Å². The van der Waals surface area contributed by atoms with Gasteiger partial charge in [0.25, 0.3) is 0 Å². The fourth-order valence-corrected chi connectivity index (χ4v) is 2.73. The summed E-state index contributed by atoms with van der Waals surface area (Å²) in [7, 11) is 0. The molecule has 1 aliphatic rings. The van der Waals surface area contributed by atoms with Crippen LogP contribution in [0.5, 0.6) is 0 Å². The van der Waals surface area contributed by atoms with Gasteiger partial charge in [-0.25, -0.2) is 4.39 Å². The summed E-state index contributed by atoms with van der Waals surface area (Å²) in [6.45, 7) is 1.49. The van der Waals surface area contributed by atoms with Gasteiger partial charge in [-0.1, -0.05) is 18.2 Å². The van der Waals surface area contributed by atoms with Crippen LogP contribution in [0.25, 0.3) is 0 Å². The highest BCUT2D eigenvalue weighted by Crippen LogP contribution is 2.34. The minimum atomic E-state index is -0.972. The molecule has 2 heterocycles. The van der Waals surface area contributed by atoms with Crippen LogP contribution in [0, 0.1) is 5.82 Å². The molecule has 0 spiro atoms. The number of hydrogen-bond donors (Lipinski definition) is 1. The molecule has 0 saturated carbocycles. The molecule has 4 heteroatoms. The fourth-order valence-electron chi connectivity index (χ4n) is 2.73. The van der Waals surface area contributed by atoms with Gasteiger partial charge in [0.1, 0.15) is 5.82 Å². The van der Waals surface area contributed by atoms with Crippen molar-refractivity contribution in [2.75, 3.05) is 18.0 Å². The Balaban J connectivity index is 1.75. The van der Waals surface area contributed by atoms with E-state index in [4.69, 9.17) is 0 Å². The van der Waals surface area contributed by atoms with E-state index in [9.17, 15) is 9.50 Å². The Morgan fingerprint density at radius 3 is 2.45 bits per heavy atom. The van der Waals surface area contributed by atoms with Gasteiger partial charge in [-0.2, -0.15) is 0 Å². The van der Waals surface area contributed by atoms with Gasteiger partial charge in [-0.05, 0) is 31.0 Å². The lowest BCUT2D eigenvalue weighted by Crippen LogP contribution is -2.42. The summed E-state index contributed by atoms with van der Waals surface area (Å²) >= 11 is 0. The molecule has 0 radical (unpaired) electrons. The Kier molecular flexibility index (Phi) is 3.40. The van der Waals surface area contributed by atoms with E-state index >= 15 is 0 Å². The SMILES string of the molecule is OC1(c2cncc(F)c2)CCN(c2ccccc2)CC1. The minimum absolute atomic E-state index is 0.401. The number of hydrogen-bond acceptors (Lipinski definition) is 3. The standard InChI is InChI=1S/C16H17FN2O/c17-14-10-13(11-18-12-14)16(20)6-8-19(9-7-16)15-4-2-1-3-5-15/h1-5,10-12,20H,6-9H2. The topological polar surface area (TPSA) is 36.4 Å². The molecule has 0 amide bonds. The van der Waals surface area contributed by atoms with Crippen molar-refractivity contribution in [1.29, 1.82) is 0 Å². The molecule has 0 unspecified atom stereocenters. The number of piperidine rings is 1. The van der Waals surface area contributed by atoms with Crippen molar-refractivity contribution in [3.05, 3.63) is 60.2 Å². The molecule has 3 nitrogen and oxygen atoms in total. The summed E-state index contributed by atoms with van der Waals surface area (Å²) in [5.74, 6) is -0.401. The molecule has 20 heavy (non-hydrogen) atoms. The minimum Gasteiger partial charge on any atom is -0.385 e. The third-order valence-electron chi connectivity index (χ3n) is 3.95. The van der Waals surface area contributed by atoms with E-state index in [0.717, 1.165) is 25.0 Å². The van der Waals surface area contributed by atoms with Crippen LogP contribution >= 0.6 is 0 Å². The van der Waals surface area contributed by atoms with Crippen molar-refractivity contribution in [2.45, 2.75) is 18.4 Å². The normalized spacial score (nSPS) is 18.0. The number of aromatic nitrogens is 1. The van der Waals surface area contributed by atoms with Crippen LogP contribution in [0.1, 0.15) is 18.4 Å². The van der Waals surface area contributed by atoms with Gasteiger partial charge in [0.2, 0.25) is 0 Å². The van der Waals surface area contributed by atoms with Crippen LogP contribution in [0.4, 0.5) is 10.1 Å². The summed E-state index contributed by atoms with van der Waals surface area (Å²) in [6, 6.07) is 11.5. The Bertz CT molecular complexity index is 580. The lowest BCUT2D eigenvalue weighted by Gasteiger charge is -2.39. The first kappa shape index (κ1) is 13.1. The lowest BCUT2D eigenvalue weighted by molar-refractivity contribution is 0.0112. The zero-order valence-corrected chi connectivity index (χ0v) is 11.2. The monoisotopic (exact) mass is 272 g/mol. The van der Waals surface area contributed by atoms with Crippen LogP contribution < -0.4 is 4.90 Å². The van der Waals surface area contributed by atoms with Gasteiger partial charge < -0.3 is 10.0 Å². The number of benzene rings is 1. The highest BCUT2D eigenvalue weighted by atomic mass is 19.1. The van der Waals surface area contributed by atoms with Gasteiger partial charge >= 0.3 is 0 Å². The molecule has 0 bridgehead atoms. The third-order valence-corrected chi connectivity index (χ3v) is 3.95. The summed E-state index contributed by atoms with van der Waals surface area (Å²) in [4.78, 5) is 6.07. The molecule has 0 atom stereocenters. The predicted molar refractivity (Wildman–Crippen MR) is 76.0 cm³/mol. The summed E-state index contributed by atoms with van der Waals surface area (Å²) in [5.41, 5.74) is 0.762. The van der Waals surface area contributed by atoms with Gasteiger partial charge in [0.15, 0.2) is 0 Å². The van der Waals surface area contributed by atoms with Crippen molar-refractivity contribution in [3.8, 4) is 0 Å². The van der Waals surface area contributed by atoms with Crippen molar-refractivity contribution >= 4 is 5.69 Å². The fraction of sp³-hybridized carbons (Fsp3) is 0.312. The van der Waals surface area contributed by atoms with Crippen LogP contribution in [0.15, 0.2) is 48.8 Å². The summed E-state index contributed by atoms with van der Waals surface area (Å²) in [5, 5.41) is 10.7. The highest BCUT2D eigenvalue weighted by molar-refractivity contribution is 5.46. The number of pyridine rings is 1. The summed E-state index contributed by atoms with van der Waals surface area (Å²) < 4.78 is 13.2. The quantitative estimate of drug-likeness (QED) is 0.913. The Labute approximate surface area is 117 Å². The number of anilines is 1. The maximum absolute atomic E-state index is 13.2. The van der Waals surface area contributed by atoms with Crippen LogP contribution in [-0.4, -0.2) is 23.2 Å². The Morgan fingerprint density at radius 2 is 1.80 bits per heavy atom. The van der Waals surface area contributed by atoms with Crippen LogP contribution in [-0.2, 0) is 5.60 Å². The maximum Gasteiger partial charge on any atom is 0.141 e. The molecule has 1 saturated heterocycles. The number of para-hydroxylation sites is 1. The summed E-state index contributed by atoms with van der Waals surface area (Å²) in [6.07, 6.45) is 3.87. The van der Waals surface area contributed by atoms with E-state index in [1.165, 1.54) is 6.07 Å². The average molecular weight is 272 g/mol. The van der Waals surface area contributed by atoms with Crippen molar-refractivity contribution < 1.29 is 9.50 Å². The number of halogens is 1. The van der Waals surface area contributed by atoms with E-state index in [1.54, 1.807) is 6.20 Å². The maximum atomic E-state index is 13.2. The van der Waals surface area contributed by atoms with Crippen LogP contribution in [0.2, 0.25) is 0 Å². The molecule has 1 N–H and O–H groups in total. The molecule has 1 aromatic carbocycles. The average Bonchev–Trinajstić information content (AvgIpc) is 2.49. The molecular weight excluding hydrogens is 255 g/mol. The van der Waals surface area contributed by atoms with E-state index in [0.29, 0.717) is 18.4 Å². The van der Waals surface area contributed by atoms with Gasteiger partial charge in [-0.3, -0.25) is 4.98 Å². The first-order valence-corrected chi connectivity index (χ1v) is 6.81. The van der Waals surface area contributed by atoms with Crippen molar-refractivity contribution in [2.24, 2.45) is 0 Å². The molecule has 1 aliphatic heterocycles. The second-order valence-electron chi connectivity index (χ2n) is 5.25. The van der Waals surface area contributed by atoms with Gasteiger partial charge in [0, 0.05) is 30.5 Å². The highest BCUT2D eigenvalue weighted by Gasteiger charge is 2.34. The second-order valence-corrected chi connectivity index (χ2v) is 5.25. The third kappa shape index (κ3) is 2.51. The number of rotatable bonds is 2. The van der Waals surface area contributed by atoms with E-state index in [1.807, 2.05) is 18.2 Å².